The number of likely N-dealkylation sites (N-methyl/N-ethyl adjacent to an activating group) is 1. The standard InChI is InChI=1S/C11H15NO/c1-12-10-5-8-3-4-11(13-2)7-9(8)6-10/h3-4,7,10,12H,5-6H2,1-2H3/t10-/m0/s1. The van der Waals surface area contributed by atoms with Gasteiger partial charge in [-0.25, -0.2) is 0 Å². The molecule has 13 heavy (non-hydrogen) atoms. The number of benzene rings is 1. The van der Waals surface area contributed by atoms with Crippen LogP contribution in [0.1, 0.15) is 11.1 Å². The summed E-state index contributed by atoms with van der Waals surface area (Å²) in [6, 6.07) is 6.97. The van der Waals surface area contributed by atoms with E-state index in [0.29, 0.717) is 6.04 Å². The first-order chi connectivity index (χ1) is 6.33. The molecule has 2 rings (SSSR count). The van der Waals surface area contributed by atoms with Crippen molar-refractivity contribution in [1.82, 2.24) is 5.32 Å². The van der Waals surface area contributed by atoms with Crippen LogP contribution in [0.5, 0.6) is 5.75 Å². The molecule has 0 saturated carbocycles. The second kappa shape index (κ2) is 3.38. The van der Waals surface area contributed by atoms with Crippen LogP contribution in [0.15, 0.2) is 18.2 Å². The molecular weight excluding hydrogens is 162 g/mol. The van der Waals surface area contributed by atoms with E-state index >= 15 is 0 Å². The van der Waals surface area contributed by atoms with Gasteiger partial charge >= 0.3 is 0 Å². The molecule has 1 atom stereocenters. The molecule has 0 heterocycles. The van der Waals surface area contributed by atoms with Gasteiger partial charge < -0.3 is 10.1 Å². The molecule has 2 heteroatoms. The molecule has 0 amide bonds. The summed E-state index contributed by atoms with van der Waals surface area (Å²) < 4.78 is 5.19. The average Bonchev–Trinajstić information content (AvgIpc) is 2.58. The number of ether oxygens (including phenoxy) is 1. The highest BCUT2D eigenvalue weighted by molar-refractivity contribution is 5.39. The molecular formula is C11H15NO. The third-order valence-electron chi connectivity index (χ3n) is 2.75. The monoisotopic (exact) mass is 177 g/mol. The van der Waals surface area contributed by atoms with Crippen LogP contribution >= 0.6 is 0 Å². The molecule has 0 radical (unpaired) electrons. The van der Waals surface area contributed by atoms with Crippen molar-refractivity contribution in [3.63, 3.8) is 0 Å². The van der Waals surface area contributed by atoms with E-state index in [1.54, 1.807) is 7.11 Å². The van der Waals surface area contributed by atoms with Crippen LogP contribution in [-0.2, 0) is 12.8 Å². The van der Waals surface area contributed by atoms with Crippen molar-refractivity contribution < 1.29 is 4.74 Å². The first-order valence-corrected chi connectivity index (χ1v) is 4.66. The van der Waals surface area contributed by atoms with Crippen molar-refractivity contribution in [3.05, 3.63) is 29.3 Å². The highest BCUT2D eigenvalue weighted by Gasteiger charge is 2.19. The summed E-state index contributed by atoms with van der Waals surface area (Å²) in [6.45, 7) is 0. The molecule has 0 saturated heterocycles. The number of methoxy groups -OCH3 is 1. The lowest BCUT2D eigenvalue weighted by molar-refractivity contribution is 0.414. The molecule has 70 valence electrons. The van der Waals surface area contributed by atoms with Gasteiger partial charge in [0.05, 0.1) is 7.11 Å². The Balaban J connectivity index is 2.25. The minimum atomic E-state index is 0.613. The van der Waals surface area contributed by atoms with Gasteiger partial charge in [0.2, 0.25) is 0 Å². The molecule has 0 fully saturated rings. The van der Waals surface area contributed by atoms with E-state index in [9.17, 15) is 0 Å². The van der Waals surface area contributed by atoms with Crippen LogP contribution in [0.2, 0.25) is 0 Å². The van der Waals surface area contributed by atoms with Crippen LogP contribution in [0.4, 0.5) is 0 Å². The van der Waals surface area contributed by atoms with E-state index in [1.807, 2.05) is 13.1 Å². The van der Waals surface area contributed by atoms with E-state index in [0.717, 1.165) is 18.6 Å². The number of hydrogen-bond donors (Lipinski definition) is 1. The first kappa shape index (κ1) is 8.57. The fraction of sp³-hybridized carbons (Fsp3) is 0.455. The fourth-order valence-corrected chi connectivity index (χ4v) is 1.93. The molecule has 1 N–H and O–H groups in total. The molecule has 0 aromatic heterocycles. The third-order valence-corrected chi connectivity index (χ3v) is 2.75. The Morgan fingerprint density at radius 2 is 2.08 bits per heavy atom. The topological polar surface area (TPSA) is 21.3 Å². The lowest BCUT2D eigenvalue weighted by Crippen LogP contribution is -2.24. The highest BCUT2D eigenvalue weighted by atomic mass is 16.5. The minimum absolute atomic E-state index is 0.613. The molecule has 1 aliphatic rings. The van der Waals surface area contributed by atoms with Gasteiger partial charge in [0, 0.05) is 6.04 Å². The zero-order valence-corrected chi connectivity index (χ0v) is 8.13. The number of hydrogen-bond acceptors (Lipinski definition) is 2. The van der Waals surface area contributed by atoms with Gasteiger partial charge in [-0.15, -0.1) is 0 Å². The van der Waals surface area contributed by atoms with E-state index in [-0.39, 0.29) is 0 Å². The lowest BCUT2D eigenvalue weighted by atomic mass is 10.1. The van der Waals surface area contributed by atoms with Crippen LogP contribution in [0.3, 0.4) is 0 Å². The van der Waals surface area contributed by atoms with Crippen molar-refractivity contribution in [1.29, 1.82) is 0 Å². The van der Waals surface area contributed by atoms with Crippen molar-refractivity contribution >= 4 is 0 Å². The van der Waals surface area contributed by atoms with Gasteiger partial charge in [0.1, 0.15) is 5.75 Å². The van der Waals surface area contributed by atoms with E-state index in [1.165, 1.54) is 11.1 Å². The Hall–Kier alpha value is -1.02. The van der Waals surface area contributed by atoms with E-state index in [2.05, 4.69) is 17.4 Å². The summed E-state index contributed by atoms with van der Waals surface area (Å²) in [5.41, 5.74) is 2.89. The summed E-state index contributed by atoms with van der Waals surface area (Å²) in [4.78, 5) is 0. The van der Waals surface area contributed by atoms with Gasteiger partial charge in [0.25, 0.3) is 0 Å². The van der Waals surface area contributed by atoms with Gasteiger partial charge in [-0.3, -0.25) is 0 Å². The minimum Gasteiger partial charge on any atom is -0.497 e. The number of fused-ring (bicyclic) bond motifs is 1. The van der Waals surface area contributed by atoms with Crippen molar-refractivity contribution in [2.75, 3.05) is 14.2 Å². The number of rotatable bonds is 2. The summed E-state index contributed by atoms with van der Waals surface area (Å²) in [5, 5.41) is 3.31. The molecule has 0 unspecified atom stereocenters. The molecule has 0 aliphatic heterocycles. The molecule has 1 aromatic carbocycles. The van der Waals surface area contributed by atoms with Gasteiger partial charge in [-0.1, -0.05) is 6.07 Å². The Morgan fingerprint density at radius 3 is 2.77 bits per heavy atom. The molecule has 2 nitrogen and oxygen atoms in total. The van der Waals surface area contributed by atoms with Gasteiger partial charge in [0.15, 0.2) is 0 Å². The van der Waals surface area contributed by atoms with Crippen LogP contribution < -0.4 is 10.1 Å². The van der Waals surface area contributed by atoms with Crippen LogP contribution in [0, 0.1) is 0 Å². The normalized spacial score (nSPS) is 20.0. The largest absolute Gasteiger partial charge is 0.497 e. The van der Waals surface area contributed by atoms with Crippen molar-refractivity contribution in [2.24, 2.45) is 0 Å². The maximum absolute atomic E-state index is 5.19. The second-order valence-corrected chi connectivity index (χ2v) is 3.53. The number of nitrogens with one attached hydrogen (secondary N) is 1. The SMILES string of the molecule is CN[C@H]1Cc2ccc(OC)cc2C1. The zero-order chi connectivity index (χ0) is 9.26. The smallest absolute Gasteiger partial charge is 0.119 e. The molecule has 1 aliphatic carbocycles. The Morgan fingerprint density at radius 1 is 1.31 bits per heavy atom. The quantitative estimate of drug-likeness (QED) is 0.737. The predicted octanol–water partition coefficient (Wildman–Crippen LogP) is 1.38. The summed E-state index contributed by atoms with van der Waals surface area (Å²) >= 11 is 0. The van der Waals surface area contributed by atoms with E-state index in [4.69, 9.17) is 4.74 Å². The third kappa shape index (κ3) is 1.54. The maximum atomic E-state index is 5.19. The zero-order valence-electron chi connectivity index (χ0n) is 8.13. The summed E-state index contributed by atoms with van der Waals surface area (Å²) in [5.74, 6) is 0.968. The molecule has 1 aromatic rings. The molecule has 0 spiro atoms. The predicted molar refractivity (Wildman–Crippen MR) is 53.2 cm³/mol. The maximum Gasteiger partial charge on any atom is 0.119 e. The fourth-order valence-electron chi connectivity index (χ4n) is 1.93. The average molecular weight is 177 g/mol. The first-order valence-electron chi connectivity index (χ1n) is 4.66. The molecule has 0 bridgehead atoms. The lowest BCUT2D eigenvalue weighted by Gasteiger charge is -2.04. The Labute approximate surface area is 78.9 Å². The van der Waals surface area contributed by atoms with Crippen LogP contribution in [0.25, 0.3) is 0 Å². The van der Waals surface area contributed by atoms with Crippen LogP contribution in [-0.4, -0.2) is 20.2 Å². The summed E-state index contributed by atoms with van der Waals surface area (Å²) in [7, 11) is 3.74. The van der Waals surface area contributed by atoms with Gasteiger partial charge in [-0.05, 0) is 43.1 Å². The Bertz CT molecular complexity index is 309. The van der Waals surface area contributed by atoms with Gasteiger partial charge in [-0.2, -0.15) is 0 Å². The highest BCUT2D eigenvalue weighted by Crippen LogP contribution is 2.25. The Kier molecular flexibility index (Phi) is 2.23. The second-order valence-electron chi connectivity index (χ2n) is 3.53. The summed E-state index contributed by atoms with van der Waals surface area (Å²) in [6.07, 6.45) is 2.28. The van der Waals surface area contributed by atoms with E-state index < -0.39 is 0 Å². The van der Waals surface area contributed by atoms with Crippen molar-refractivity contribution in [2.45, 2.75) is 18.9 Å². The van der Waals surface area contributed by atoms with Crippen molar-refractivity contribution in [3.8, 4) is 5.75 Å².